The number of fused-ring (bicyclic) bond motifs is 2. The monoisotopic (exact) mass is 320 g/mol. The second-order valence-electron chi connectivity index (χ2n) is 6.31. The largest absolute Gasteiger partial charge is 0.307 e. The molecule has 0 aliphatic carbocycles. The number of halogens is 1. The quantitative estimate of drug-likeness (QED) is 0.560. The van der Waals surface area contributed by atoms with Crippen molar-refractivity contribution in [2.75, 3.05) is 0 Å². The second kappa shape index (κ2) is 5.67. The van der Waals surface area contributed by atoms with Crippen molar-refractivity contribution in [2.24, 2.45) is 5.92 Å². The third-order valence-corrected chi connectivity index (χ3v) is 3.91. The van der Waals surface area contributed by atoms with Crippen molar-refractivity contribution in [3.63, 3.8) is 0 Å². The Morgan fingerprint density at radius 1 is 0.917 bits per heavy atom. The highest BCUT2D eigenvalue weighted by Crippen LogP contribution is 2.25. The van der Waals surface area contributed by atoms with Crippen molar-refractivity contribution in [2.45, 2.75) is 20.4 Å². The number of hydrogen-bond acceptors (Lipinski definition) is 3. The second-order valence-corrected chi connectivity index (χ2v) is 6.31. The van der Waals surface area contributed by atoms with Gasteiger partial charge in [-0.2, -0.15) is 0 Å². The molecule has 0 atom stereocenters. The molecule has 0 radical (unpaired) electrons. The molecule has 4 aromatic rings. The van der Waals surface area contributed by atoms with Gasteiger partial charge in [0.15, 0.2) is 11.3 Å². The Morgan fingerprint density at radius 2 is 1.58 bits per heavy atom. The summed E-state index contributed by atoms with van der Waals surface area (Å²) in [6.45, 7) is 5.07. The van der Waals surface area contributed by atoms with Gasteiger partial charge in [0.2, 0.25) is 0 Å². The SMILES string of the molecule is CC(C)Cn1c(-c2ccc(F)cc2)nc2nc3ccccc3nc21. The van der Waals surface area contributed by atoms with Gasteiger partial charge in [-0.1, -0.05) is 26.0 Å². The summed E-state index contributed by atoms with van der Waals surface area (Å²) in [6.07, 6.45) is 0. The normalized spacial score (nSPS) is 11.7. The molecule has 4 rings (SSSR count). The van der Waals surface area contributed by atoms with Crippen LogP contribution in [-0.2, 0) is 6.54 Å². The van der Waals surface area contributed by atoms with E-state index >= 15 is 0 Å². The zero-order chi connectivity index (χ0) is 16.7. The third-order valence-electron chi connectivity index (χ3n) is 3.91. The van der Waals surface area contributed by atoms with Crippen molar-refractivity contribution >= 4 is 22.3 Å². The Bertz CT molecular complexity index is 1020. The predicted octanol–water partition coefficient (Wildman–Crippen LogP) is 4.44. The topological polar surface area (TPSA) is 43.6 Å². The molecule has 5 heteroatoms. The molecular weight excluding hydrogens is 303 g/mol. The van der Waals surface area contributed by atoms with Crippen LogP contribution >= 0.6 is 0 Å². The molecule has 0 aliphatic rings. The first-order valence-electron chi connectivity index (χ1n) is 8.01. The van der Waals surface area contributed by atoms with Gasteiger partial charge in [0, 0.05) is 12.1 Å². The third kappa shape index (κ3) is 2.52. The van der Waals surface area contributed by atoms with E-state index in [1.54, 1.807) is 12.1 Å². The van der Waals surface area contributed by atoms with Crippen LogP contribution in [0.2, 0.25) is 0 Å². The fourth-order valence-electron chi connectivity index (χ4n) is 2.86. The van der Waals surface area contributed by atoms with E-state index < -0.39 is 0 Å². The van der Waals surface area contributed by atoms with Crippen molar-refractivity contribution in [1.82, 2.24) is 19.5 Å². The van der Waals surface area contributed by atoms with Gasteiger partial charge in [-0.25, -0.2) is 19.3 Å². The van der Waals surface area contributed by atoms with Crippen molar-refractivity contribution in [1.29, 1.82) is 0 Å². The van der Waals surface area contributed by atoms with Crippen molar-refractivity contribution < 1.29 is 4.39 Å². The van der Waals surface area contributed by atoms with Gasteiger partial charge in [0.05, 0.1) is 11.0 Å². The lowest BCUT2D eigenvalue weighted by atomic mass is 10.2. The Balaban J connectivity index is 2.00. The summed E-state index contributed by atoms with van der Waals surface area (Å²) in [7, 11) is 0. The molecule has 0 aliphatic heterocycles. The van der Waals surface area contributed by atoms with Gasteiger partial charge in [0.1, 0.15) is 11.6 Å². The molecule has 0 spiro atoms. The smallest absolute Gasteiger partial charge is 0.198 e. The number of benzene rings is 2. The van der Waals surface area contributed by atoms with Crippen molar-refractivity contribution in [3.05, 3.63) is 54.3 Å². The predicted molar refractivity (Wildman–Crippen MR) is 93.1 cm³/mol. The molecule has 2 aromatic carbocycles. The summed E-state index contributed by atoms with van der Waals surface area (Å²) in [5.41, 5.74) is 3.92. The molecule has 0 N–H and O–H groups in total. The lowest BCUT2D eigenvalue weighted by Gasteiger charge is -2.11. The Kier molecular flexibility index (Phi) is 3.49. The number of aromatic nitrogens is 4. The first-order valence-corrected chi connectivity index (χ1v) is 8.01. The highest BCUT2D eigenvalue weighted by Gasteiger charge is 2.16. The zero-order valence-electron chi connectivity index (χ0n) is 13.6. The average Bonchev–Trinajstić information content (AvgIpc) is 2.90. The van der Waals surface area contributed by atoms with Gasteiger partial charge < -0.3 is 4.57 Å². The summed E-state index contributed by atoms with van der Waals surface area (Å²) >= 11 is 0. The van der Waals surface area contributed by atoms with Crippen LogP contribution in [0.5, 0.6) is 0 Å². The van der Waals surface area contributed by atoms with Crippen LogP contribution in [-0.4, -0.2) is 19.5 Å². The first kappa shape index (κ1) is 14.8. The standard InChI is InChI=1S/C19H17FN4/c1-12(2)11-24-18(13-7-9-14(20)10-8-13)23-17-19(24)22-16-6-4-3-5-15(16)21-17/h3-10,12H,11H2,1-2H3. The molecule has 0 fully saturated rings. The van der Waals surface area contributed by atoms with E-state index in [-0.39, 0.29) is 5.82 Å². The van der Waals surface area contributed by atoms with Gasteiger partial charge in [-0.3, -0.25) is 0 Å². The van der Waals surface area contributed by atoms with E-state index in [2.05, 4.69) is 28.4 Å². The van der Waals surface area contributed by atoms with E-state index in [0.717, 1.165) is 34.6 Å². The summed E-state index contributed by atoms with van der Waals surface area (Å²) in [4.78, 5) is 14.1. The first-order chi connectivity index (χ1) is 11.6. The molecule has 4 nitrogen and oxygen atoms in total. The summed E-state index contributed by atoms with van der Waals surface area (Å²) in [5.74, 6) is 0.941. The number of nitrogens with zero attached hydrogens (tertiary/aromatic N) is 4. The van der Waals surface area contributed by atoms with Crippen molar-refractivity contribution in [3.8, 4) is 11.4 Å². The molecule has 120 valence electrons. The minimum Gasteiger partial charge on any atom is -0.307 e. The molecule has 0 bridgehead atoms. The van der Waals surface area contributed by atoms with Crippen LogP contribution in [0, 0.1) is 11.7 Å². The number of hydrogen-bond donors (Lipinski definition) is 0. The van der Waals surface area contributed by atoms with E-state index in [1.165, 1.54) is 12.1 Å². The van der Waals surface area contributed by atoms with E-state index in [1.807, 2.05) is 24.3 Å². The molecular formula is C19H17FN4. The Morgan fingerprint density at radius 3 is 2.25 bits per heavy atom. The molecule has 24 heavy (non-hydrogen) atoms. The van der Waals surface area contributed by atoms with Crippen LogP contribution < -0.4 is 0 Å². The maximum absolute atomic E-state index is 13.3. The number of para-hydroxylation sites is 2. The summed E-state index contributed by atoms with van der Waals surface area (Å²) < 4.78 is 15.3. The lowest BCUT2D eigenvalue weighted by molar-refractivity contribution is 0.534. The molecule has 0 saturated carbocycles. The van der Waals surface area contributed by atoms with Gasteiger partial charge >= 0.3 is 0 Å². The van der Waals surface area contributed by atoms with Crippen LogP contribution in [0.4, 0.5) is 4.39 Å². The summed E-state index contributed by atoms with van der Waals surface area (Å²) in [6, 6.07) is 14.2. The van der Waals surface area contributed by atoms with Crippen LogP contribution in [0.25, 0.3) is 33.7 Å². The highest BCUT2D eigenvalue weighted by molar-refractivity contribution is 5.84. The van der Waals surface area contributed by atoms with Crippen LogP contribution in [0.15, 0.2) is 48.5 Å². The highest BCUT2D eigenvalue weighted by atomic mass is 19.1. The molecule has 2 heterocycles. The lowest BCUT2D eigenvalue weighted by Crippen LogP contribution is -2.07. The van der Waals surface area contributed by atoms with E-state index in [4.69, 9.17) is 4.98 Å². The Labute approximate surface area is 139 Å². The zero-order valence-corrected chi connectivity index (χ0v) is 13.6. The average molecular weight is 320 g/mol. The van der Waals surface area contributed by atoms with Crippen LogP contribution in [0.3, 0.4) is 0 Å². The molecule has 0 amide bonds. The van der Waals surface area contributed by atoms with Crippen LogP contribution in [0.1, 0.15) is 13.8 Å². The minimum absolute atomic E-state index is 0.257. The fourth-order valence-corrected chi connectivity index (χ4v) is 2.86. The summed E-state index contributed by atoms with van der Waals surface area (Å²) in [5, 5.41) is 0. The molecule has 2 aromatic heterocycles. The molecule has 0 unspecified atom stereocenters. The maximum atomic E-state index is 13.3. The van der Waals surface area contributed by atoms with E-state index in [0.29, 0.717) is 11.6 Å². The minimum atomic E-state index is -0.257. The fraction of sp³-hybridized carbons (Fsp3) is 0.211. The van der Waals surface area contributed by atoms with Gasteiger partial charge in [-0.05, 0) is 42.3 Å². The maximum Gasteiger partial charge on any atom is 0.198 e. The number of rotatable bonds is 3. The van der Waals surface area contributed by atoms with E-state index in [9.17, 15) is 4.39 Å². The van der Waals surface area contributed by atoms with Gasteiger partial charge in [-0.15, -0.1) is 0 Å². The van der Waals surface area contributed by atoms with Gasteiger partial charge in [0.25, 0.3) is 0 Å². The number of imidazole rings is 1. The molecule has 0 saturated heterocycles. The Hall–Kier alpha value is -2.82.